The van der Waals surface area contributed by atoms with Gasteiger partial charge in [-0.3, -0.25) is 24.1 Å². The quantitative estimate of drug-likeness (QED) is 0.516. The van der Waals surface area contributed by atoms with Crippen molar-refractivity contribution in [3.8, 4) is 0 Å². The number of allylic oxidation sites excluding steroid dienone is 2. The fourth-order valence-corrected chi connectivity index (χ4v) is 3.11. The minimum absolute atomic E-state index is 0.0104. The molecule has 0 bridgehead atoms. The van der Waals surface area contributed by atoms with Gasteiger partial charge in [-0.15, -0.1) is 0 Å². The van der Waals surface area contributed by atoms with Crippen LogP contribution in [-0.4, -0.2) is 59.6 Å². The van der Waals surface area contributed by atoms with Gasteiger partial charge >= 0.3 is 0 Å². The van der Waals surface area contributed by atoms with Crippen molar-refractivity contribution in [2.45, 2.75) is 12.8 Å². The molecule has 2 saturated heterocycles. The molecule has 2 fully saturated rings. The van der Waals surface area contributed by atoms with E-state index in [1.807, 2.05) is 12.2 Å². The van der Waals surface area contributed by atoms with Gasteiger partial charge in [0.1, 0.15) is 6.54 Å². The van der Waals surface area contributed by atoms with E-state index in [-0.39, 0.29) is 48.6 Å². The number of fused-ring (bicyclic) bond motifs is 1. The van der Waals surface area contributed by atoms with Crippen LogP contribution >= 0.6 is 0 Å². The minimum atomic E-state index is -0.349. The van der Waals surface area contributed by atoms with E-state index >= 15 is 0 Å². The summed E-state index contributed by atoms with van der Waals surface area (Å²) in [6, 6.07) is 0. The van der Waals surface area contributed by atoms with E-state index in [9.17, 15) is 19.2 Å². The number of imide groups is 1. The molecule has 7 nitrogen and oxygen atoms in total. The molecule has 0 aromatic rings. The van der Waals surface area contributed by atoms with Gasteiger partial charge in [0.15, 0.2) is 0 Å². The van der Waals surface area contributed by atoms with Crippen LogP contribution in [0.3, 0.4) is 0 Å². The van der Waals surface area contributed by atoms with E-state index in [2.05, 4.69) is 5.32 Å². The van der Waals surface area contributed by atoms with E-state index in [1.165, 1.54) is 4.90 Å². The Bertz CT molecular complexity index is 516. The fourth-order valence-electron chi connectivity index (χ4n) is 3.11. The van der Waals surface area contributed by atoms with Gasteiger partial charge in [0.2, 0.25) is 23.6 Å². The van der Waals surface area contributed by atoms with Gasteiger partial charge in [-0.1, -0.05) is 12.2 Å². The number of hydrogen-bond acceptors (Lipinski definition) is 4. The third-order valence-electron chi connectivity index (χ3n) is 4.28. The van der Waals surface area contributed by atoms with Crippen molar-refractivity contribution in [2.75, 3.05) is 26.2 Å². The first kappa shape index (κ1) is 13.8. The second kappa shape index (κ2) is 5.31. The maximum Gasteiger partial charge on any atom is 0.243 e. The summed E-state index contributed by atoms with van der Waals surface area (Å²) in [5.74, 6) is -1.72. The van der Waals surface area contributed by atoms with Crippen molar-refractivity contribution in [3.05, 3.63) is 12.2 Å². The van der Waals surface area contributed by atoms with Crippen molar-refractivity contribution in [1.29, 1.82) is 0 Å². The molecule has 4 amide bonds. The summed E-state index contributed by atoms with van der Waals surface area (Å²) in [6.45, 7) is 0.554. The Morgan fingerprint density at radius 2 is 1.76 bits per heavy atom. The predicted molar refractivity (Wildman–Crippen MR) is 71.7 cm³/mol. The molecular weight excluding hydrogens is 274 g/mol. The highest BCUT2D eigenvalue weighted by atomic mass is 16.2. The molecule has 3 rings (SSSR count). The summed E-state index contributed by atoms with van der Waals surface area (Å²) in [5.41, 5.74) is 0. The first-order valence-electron chi connectivity index (χ1n) is 7.12. The molecule has 3 aliphatic rings. The summed E-state index contributed by atoms with van der Waals surface area (Å²) < 4.78 is 0. The first-order valence-corrected chi connectivity index (χ1v) is 7.12. The van der Waals surface area contributed by atoms with Crippen LogP contribution in [0.25, 0.3) is 0 Å². The molecule has 2 atom stereocenters. The number of rotatable bonds is 2. The molecule has 1 N–H and O–H groups in total. The third kappa shape index (κ3) is 2.43. The molecule has 7 heteroatoms. The number of likely N-dealkylation sites (tertiary alicyclic amines) is 1. The van der Waals surface area contributed by atoms with E-state index in [0.717, 1.165) is 4.90 Å². The molecule has 112 valence electrons. The Labute approximate surface area is 121 Å². The summed E-state index contributed by atoms with van der Waals surface area (Å²) in [7, 11) is 0. The topological polar surface area (TPSA) is 86.8 Å². The van der Waals surface area contributed by atoms with Gasteiger partial charge < -0.3 is 10.2 Å². The zero-order valence-corrected chi connectivity index (χ0v) is 11.6. The van der Waals surface area contributed by atoms with Crippen LogP contribution in [0.1, 0.15) is 12.8 Å². The van der Waals surface area contributed by atoms with Gasteiger partial charge in [0, 0.05) is 13.1 Å². The van der Waals surface area contributed by atoms with E-state index in [4.69, 9.17) is 0 Å². The van der Waals surface area contributed by atoms with Crippen molar-refractivity contribution in [3.63, 3.8) is 0 Å². The third-order valence-corrected chi connectivity index (χ3v) is 4.28. The number of carbonyl (C=O) groups is 4. The molecule has 0 aromatic heterocycles. The standard InChI is InChI=1S/C14H17N3O4/c18-11-7-16(6-5-15-11)12(19)8-17-13(20)9-3-1-2-4-10(9)14(17)21/h1-2,9-10H,3-8H2,(H,15,18). The van der Waals surface area contributed by atoms with Crippen molar-refractivity contribution in [2.24, 2.45) is 11.8 Å². The van der Waals surface area contributed by atoms with E-state index in [0.29, 0.717) is 25.9 Å². The Balaban J connectivity index is 1.67. The second-order valence-corrected chi connectivity index (χ2v) is 5.58. The number of carbonyl (C=O) groups excluding carboxylic acids is 4. The summed E-state index contributed by atoms with van der Waals surface area (Å²) in [4.78, 5) is 50.4. The highest BCUT2D eigenvalue weighted by Crippen LogP contribution is 2.34. The molecule has 1 aliphatic carbocycles. The maximum absolute atomic E-state index is 12.3. The largest absolute Gasteiger partial charge is 0.353 e. The van der Waals surface area contributed by atoms with Crippen LogP contribution in [-0.2, 0) is 19.2 Å². The molecule has 0 radical (unpaired) electrons. The molecule has 2 aliphatic heterocycles. The maximum atomic E-state index is 12.3. The van der Waals surface area contributed by atoms with E-state index < -0.39 is 0 Å². The van der Waals surface area contributed by atoms with E-state index in [1.54, 1.807) is 0 Å². The normalized spacial score (nSPS) is 28.7. The summed E-state index contributed by atoms with van der Waals surface area (Å²) >= 11 is 0. The first-order chi connectivity index (χ1) is 10.1. The Hall–Kier alpha value is -2.18. The Morgan fingerprint density at radius 1 is 1.14 bits per heavy atom. The monoisotopic (exact) mass is 291 g/mol. The Morgan fingerprint density at radius 3 is 2.33 bits per heavy atom. The van der Waals surface area contributed by atoms with Crippen LogP contribution < -0.4 is 5.32 Å². The van der Waals surface area contributed by atoms with Gasteiger partial charge in [-0.2, -0.15) is 0 Å². The summed E-state index contributed by atoms with van der Waals surface area (Å²) in [6.07, 6.45) is 4.94. The lowest BCUT2D eigenvalue weighted by molar-refractivity contribution is -0.147. The molecule has 2 unspecified atom stereocenters. The average molecular weight is 291 g/mol. The SMILES string of the molecule is O=C1CN(C(=O)CN2C(=O)C3CC=CCC3C2=O)CCN1. The highest BCUT2D eigenvalue weighted by Gasteiger charge is 2.47. The van der Waals surface area contributed by atoms with Gasteiger partial charge in [-0.05, 0) is 12.8 Å². The molecule has 2 heterocycles. The summed E-state index contributed by atoms with van der Waals surface area (Å²) in [5, 5.41) is 2.63. The van der Waals surface area contributed by atoms with Crippen LogP contribution in [0.2, 0.25) is 0 Å². The zero-order valence-electron chi connectivity index (χ0n) is 11.6. The molecular formula is C14H17N3O4. The van der Waals surface area contributed by atoms with Crippen LogP contribution in [0, 0.1) is 11.8 Å². The smallest absolute Gasteiger partial charge is 0.243 e. The fraction of sp³-hybridized carbons (Fsp3) is 0.571. The molecule has 21 heavy (non-hydrogen) atoms. The Kier molecular flexibility index (Phi) is 3.48. The molecule has 0 aromatic carbocycles. The number of hydrogen-bond donors (Lipinski definition) is 1. The number of piperazine rings is 1. The van der Waals surface area contributed by atoms with Crippen molar-refractivity contribution >= 4 is 23.6 Å². The van der Waals surface area contributed by atoms with Crippen molar-refractivity contribution in [1.82, 2.24) is 15.1 Å². The van der Waals surface area contributed by atoms with Crippen LogP contribution in [0.5, 0.6) is 0 Å². The number of nitrogens with zero attached hydrogens (tertiary/aromatic N) is 2. The lowest BCUT2D eigenvalue weighted by atomic mass is 9.85. The minimum Gasteiger partial charge on any atom is -0.353 e. The number of amides is 4. The van der Waals surface area contributed by atoms with Crippen molar-refractivity contribution < 1.29 is 19.2 Å². The zero-order chi connectivity index (χ0) is 15.0. The number of nitrogens with one attached hydrogen (secondary N) is 1. The predicted octanol–water partition coefficient (Wildman–Crippen LogP) is -1.10. The second-order valence-electron chi connectivity index (χ2n) is 5.58. The highest BCUT2D eigenvalue weighted by molar-refractivity contribution is 6.07. The van der Waals surface area contributed by atoms with Crippen LogP contribution in [0.4, 0.5) is 0 Å². The average Bonchev–Trinajstić information content (AvgIpc) is 2.73. The van der Waals surface area contributed by atoms with Crippen LogP contribution in [0.15, 0.2) is 12.2 Å². The lowest BCUT2D eigenvalue weighted by Gasteiger charge is -2.28. The van der Waals surface area contributed by atoms with Gasteiger partial charge in [0.05, 0.1) is 18.4 Å². The molecule has 0 spiro atoms. The van der Waals surface area contributed by atoms with Gasteiger partial charge in [0.25, 0.3) is 0 Å². The molecule has 0 saturated carbocycles. The van der Waals surface area contributed by atoms with Gasteiger partial charge in [-0.25, -0.2) is 0 Å². The lowest BCUT2D eigenvalue weighted by Crippen LogP contribution is -2.53.